The fraction of sp³-hybridized carbons (Fsp3) is 0.667. The molecule has 7 heteroatoms. The number of anilines is 1. The number of rotatable bonds is 5. The predicted molar refractivity (Wildman–Crippen MR) is 78.8 cm³/mol. The van der Waals surface area contributed by atoms with E-state index < -0.39 is 9.84 Å². The number of hydrogen-bond acceptors (Lipinski definition) is 5. The van der Waals surface area contributed by atoms with Crippen molar-refractivity contribution < 1.29 is 8.42 Å². The Kier molecular flexibility index (Phi) is 5.15. The molecule has 1 aromatic heterocycles. The van der Waals surface area contributed by atoms with E-state index in [-0.39, 0.29) is 11.7 Å². The molecule has 0 N–H and O–H groups in total. The molecule has 0 atom stereocenters. The molecule has 0 radical (unpaired) electrons. The minimum Gasteiger partial charge on any atom is -0.358 e. The van der Waals surface area contributed by atoms with Gasteiger partial charge >= 0.3 is 0 Å². The molecule has 1 rings (SSSR count). The first-order valence-electron chi connectivity index (χ1n) is 6.04. The summed E-state index contributed by atoms with van der Waals surface area (Å²) in [5.41, 5.74) is 0.766. The average molecular weight is 306 g/mol. The highest BCUT2D eigenvalue weighted by atomic mass is 35.5. The van der Waals surface area contributed by atoms with Crippen LogP contribution in [0.5, 0.6) is 0 Å². The van der Waals surface area contributed by atoms with Gasteiger partial charge in [-0.3, -0.25) is 0 Å². The molecule has 0 spiro atoms. The molecule has 0 amide bonds. The van der Waals surface area contributed by atoms with Crippen LogP contribution in [0.1, 0.15) is 31.2 Å². The van der Waals surface area contributed by atoms with E-state index in [1.807, 2.05) is 20.8 Å². The van der Waals surface area contributed by atoms with E-state index in [2.05, 4.69) is 9.97 Å². The Labute approximate surface area is 119 Å². The van der Waals surface area contributed by atoms with Crippen LogP contribution >= 0.6 is 11.6 Å². The fourth-order valence-corrected chi connectivity index (χ4v) is 2.31. The van der Waals surface area contributed by atoms with E-state index in [4.69, 9.17) is 11.6 Å². The Morgan fingerprint density at radius 2 is 1.89 bits per heavy atom. The summed E-state index contributed by atoms with van der Waals surface area (Å²) >= 11 is 6.10. The average Bonchev–Trinajstić information content (AvgIpc) is 2.28. The summed E-state index contributed by atoms with van der Waals surface area (Å²) in [6.07, 6.45) is 1.22. The lowest BCUT2D eigenvalue weighted by Gasteiger charge is -2.21. The summed E-state index contributed by atoms with van der Waals surface area (Å²) in [7, 11) is -1.19. The molecule has 1 aromatic rings. The zero-order valence-electron chi connectivity index (χ0n) is 11.9. The minimum absolute atomic E-state index is 0.0849. The zero-order chi connectivity index (χ0) is 14.8. The lowest BCUT2D eigenvalue weighted by atomic mass is 10.2. The van der Waals surface area contributed by atoms with Gasteiger partial charge in [0.2, 0.25) is 0 Å². The molecule has 0 unspecified atom stereocenters. The summed E-state index contributed by atoms with van der Waals surface area (Å²) in [6.45, 7) is 6.19. The van der Waals surface area contributed by atoms with Gasteiger partial charge in [-0.1, -0.05) is 25.4 Å². The van der Waals surface area contributed by atoms with Crippen molar-refractivity contribution in [3.05, 3.63) is 16.5 Å². The van der Waals surface area contributed by atoms with Crippen LogP contribution in [0.4, 0.5) is 5.82 Å². The maximum absolute atomic E-state index is 11.2. The monoisotopic (exact) mass is 305 g/mol. The summed E-state index contributed by atoms with van der Waals surface area (Å²) in [4.78, 5) is 10.5. The second-order valence-corrected chi connectivity index (χ2v) is 7.65. The van der Waals surface area contributed by atoms with Crippen LogP contribution < -0.4 is 4.90 Å². The SMILES string of the molecule is Cc1c(Cl)nc(C(C)C)nc1N(C)CCS(C)(=O)=O. The van der Waals surface area contributed by atoms with Gasteiger partial charge in [0.25, 0.3) is 0 Å². The third-order valence-corrected chi connectivity index (χ3v) is 4.05. The normalized spacial score (nSPS) is 11.9. The van der Waals surface area contributed by atoms with Gasteiger partial charge in [-0.05, 0) is 6.92 Å². The summed E-state index contributed by atoms with van der Waals surface area (Å²) in [5.74, 6) is 1.60. The van der Waals surface area contributed by atoms with Crippen LogP contribution in [0, 0.1) is 6.92 Å². The van der Waals surface area contributed by atoms with Crippen LogP contribution in [0.25, 0.3) is 0 Å². The van der Waals surface area contributed by atoms with Crippen LogP contribution in [0.2, 0.25) is 5.15 Å². The number of halogens is 1. The van der Waals surface area contributed by atoms with Gasteiger partial charge in [0.05, 0.1) is 5.75 Å². The van der Waals surface area contributed by atoms with Gasteiger partial charge in [-0.2, -0.15) is 0 Å². The van der Waals surface area contributed by atoms with Gasteiger partial charge < -0.3 is 4.90 Å². The Morgan fingerprint density at radius 1 is 1.32 bits per heavy atom. The summed E-state index contributed by atoms with van der Waals surface area (Å²) in [5, 5.41) is 0.417. The van der Waals surface area contributed by atoms with Crippen LogP contribution in [-0.2, 0) is 9.84 Å². The molecule has 0 bridgehead atoms. The fourth-order valence-electron chi connectivity index (χ4n) is 1.53. The van der Waals surface area contributed by atoms with Crippen molar-refractivity contribution in [2.45, 2.75) is 26.7 Å². The van der Waals surface area contributed by atoms with E-state index >= 15 is 0 Å². The first-order valence-corrected chi connectivity index (χ1v) is 8.48. The topological polar surface area (TPSA) is 63.2 Å². The number of nitrogens with zero attached hydrogens (tertiary/aromatic N) is 3. The second kappa shape index (κ2) is 6.05. The molecule has 0 saturated heterocycles. The maximum atomic E-state index is 11.2. The molecular weight excluding hydrogens is 286 g/mol. The molecule has 0 saturated carbocycles. The number of hydrogen-bond donors (Lipinski definition) is 0. The number of sulfone groups is 1. The molecule has 5 nitrogen and oxygen atoms in total. The lowest BCUT2D eigenvalue weighted by Crippen LogP contribution is -2.27. The Bertz CT molecular complexity index is 558. The summed E-state index contributed by atoms with van der Waals surface area (Å²) < 4.78 is 22.4. The molecular formula is C12H20ClN3O2S. The van der Waals surface area contributed by atoms with E-state index in [9.17, 15) is 8.42 Å². The minimum atomic E-state index is -2.99. The highest BCUT2D eigenvalue weighted by Crippen LogP contribution is 2.25. The third kappa shape index (κ3) is 4.62. The van der Waals surface area contributed by atoms with Gasteiger partial charge in [0, 0.05) is 31.3 Å². The Balaban J connectivity index is 3.04. The smallest absolute Gasteiger partial charge is 0.149 e. The standard InChI is InChI=1S/C12H20ClN3O2S/c1-8(2)11-14-10(13)9(3)12(15-11)16(4)6-7-19(5,17)18/h8H,6-7H2,1-5H3. The van der Waals surface area contributed by atoms with E-state index in [1.54, 1.807) is 11.9 Å². The van der Waals surface area contributed by atoms with E-state index in [0.29, 0.717) is 23.3 Å². The van der Waals surface area contributed by atoms with E-state index in [1.165, 1.54) is 6.26 Å². The van der Waals surface area contributed by atoms with Crippen molar-refractivity contribution in [3.63, 3.8) is 0 Å². The highest BCUT2D eigenvalue weighted by molar-refractivity contribution is 7.90. The van der Waals surface area contributed by atoms with Crippen molar-refractivity contribution in [2.75, 3.05) is 30.5 Å². The Morgan fingerprint density at radius 3 is 2.37 bits per heavy atom. The molecule has 0 aliphatic rings. The van der Waals surface area contributed by atoms with Gasteiger partial charge in [-0.25, -0.2) is 18.4 Å². The molecule has 0 aliphatic heterocycles. The van der Waals surface area contributed by atoms with Crippen molar-refractivity contribution >= 4 is 27.3 Å². The van der Waals surface area contributed by atoms with Crippen LogP contribution in [0.3, 0.4) is 0 Å². The predicted octanol–water partition coefficient (Wildman–Crippen LogP) is 2.04. The number of aromatic nitrogens is 2. The highest BCUT2D eigenvalue weighted by Gasteiger charge is 2.16. The first kappa shape index (κ1) is 16.2. The molecule has 108 valence electrons. The quantitative estimate of drug-likeness (QED) is 0.779. The second-order valence-electron chi connectivity index (χ2n) is 5.03. The molecule has 0 fully saturated rings. The van der Waals surface area contributed by atoms with E-state index in [0.717, 1.165) is 5.56 Å². The van der Waals surface area contributed by atoms with Crippen LogP contribution in [0.15, 0.2) is 0 Å². The molecule has 0 aliphatic carbocycles. The molecule has 0 aromatic carbocycles. The van der Waals surface area contributed by atoms with Gasteiger partial charge in [-0.15, -0.1) is 0 Å². The molecule has 19 heavy (non-hydrogen) atoms. The van der Waals surface area contributed by atoms with Crippen LogP contribution in [-0.4, -0.2) is 44.0 Å². The summed E-state index contributed by atoms with van der Waals surface area (Å²) in [6, 6.07) is 0. The van der Waals surface area contributed by atoms with Crippen molar-refractivity contribution in [1.29, 1.82) is 0 Å². The largest absolute Gasteiger partial charge is 0.358 e. The third-order valence-electron chi connectivity index (χ3n) is 2.75. The van der Waals surface area contributed by atoms with Gasteiger partial charge in [0.15, 0.2) is 0 Å². The van der Waals surface area contributed by atoms with Crippen molar-refractivity contribution in [2.24, 2.45) is 0 Å². The lowest BCUT2D eigenvalue weighted by molar-refractivity contribution is 0.601. The maximum Gasteiger partial charge on any atom is 0.149 e. The Hall–Kier alpha value is -0.880. The van der Waals surface area contributed by atoms with Crippen molar-refractivity contribution in [3.8, 4) is 0 Å². The molecule has 1 heterocycles. The first-order chi connectivity index (χ1) is 8.61. The van der Waals surface area contributed by atoms with Gasteiger partial charge in [0.1, 0.15) is 26.6 Å². The zero-order valence-corrected chi connectivity index (χ0v) is 13.5. The van der Waals surface area contributed by atoms with Crippen molar-refractivity contribution in [1.82, 2.24) is 9.97 Å².